The van der Waals surface area contributed by atoms with Gasteiger partial charge in [-0.3, -0.25) is 4.79 Å². The van der Waals surface area contributed by atoms with Crippen LogP contribution in [-0.4, -0.2) is 10.9 Å². The molecular formula is C12H9Cl2N3O. The van der Waals surface area contributed by atoms with E-state index >= 15 is 0 Å². The first kappa shape index (κ1) is 12.7. The second-order valence-corrected chi connectivity index (χ2v) is 4.36. The molecule has 0 saturated carbocycles. The summed E-state index contributed by atoms with van der Waals surface area (Å²) in [5.41, 5.74) is 6.98. The molecule has 0 aliphatic carbocycles. The van der Waals surface area contributed by atoms with Gasteiger partial charge in [0, 0.05) is 11.9 Å². The number of carbonyl (C=O) groups is 1. The molecule has 0 unspecified atom stereocenters. The normalized spacial score (nSPS) is 10.1. The van der Waals surface area contributed by atoms with Crippen LogP contribution in [0.15, 0.2) is 36.5 Å². The standard InChI is InChI=1S/C12H9Cl2N3O/c13-9-5-8(15)2-3-10(9)17-12(18)7-1-4-11(14)16-6-7/h1-6H,15H2,(H,17,18). The van der Waals surface area contributed by atoms with E-state index in [1.807, 2.05) is 0 Å². The molecule has 1 amide bonds. The van der Waals surface area contributed by atoms with Crippen molar-refractivity contribution in [1.29, 1.82) is 0 Å². The number of rotatable bonds is 2. The van der Waals surface area contributed by atoms with Gasteiger partial charge in [0.15, 0.2) is 0 Å². The SMILES string of the molecule is Nc1ccc(NC(=O)c2ccc(Cl)nc2)c(Cl)c1. The minimum absolute atomic E-state index is 0.314. The van der Waals surface area contributed by atoms with Crippen molar-refractivity contribution >= 4 is 40.5 Å². The Hall–Kier alpha value is -1.78. The van der Waals surface area contributed by atoms with E-state index in [9.17, 15) is 4.79 Å². The third kappa shape index (κ3) is 2.91. The van der Waals surface area contributed by atoms with Crippen molar-refractivity contribution < 1.29 is 4.79 Å². The third-order valence-electron chi connectivity index (χ3n) is 2.23. The van der Waals surface area contributed by atoms with Gasteiger partial charge < -0.3 is 11.1 Å². The first-order valence-electron chi connectivity index (χ1n) is 5.04. The van der Waals surface area contributed by atoms with E-state index in [4.69, 9.17) is 28.9 Å². The summed E-state index contributed by atoms with van der Waals surface area (Å²) in [6, 6.07) is 7.98. The summed E-state index contributed by atoms with van der Waals surface area (Å²) in [6.07, 6.45) is 1.39. The highest BCUT2D eigenvalue weighted by atomic mass is 35.5. The van der Waals surface area contributed by atoms with Gasteiger partial charge in [0.2, 0.25) is 0 Å². The third-order valence-corrected chi connectivity index (χ3v) is 2.77. The molecule has 6 heteroatoms. The fourth-order valence-corrected chi connectivity index (χ4v) is 1.69. The molecule has 0 aliphatic heterocycles. The zero-order valence-corrected chi connectivity index (χ0v) is 10.7. The van der Waals surface area contributed by atoms with Crippen LogP contribution in [-0.2, 0) is 0 Å². The van der Waals surface area contributed by atoms with Gasteiger partial charge in [0.1, 0.15) is 5.15 Å². The average Bonchev–Trinajstić information content (AvgIpc) is 2.33. The Morgan fingerprint density at radius 3 is 2.61 bits per heavy atom. The van der Waals surface area contributed by atoms with Crippen molar-refractivity contribution in [1.82, 2.24) is 4.98 Å². The minimum atomic E-state index is -0.314. The molecule has 0 atom stereocenters. The van der Waals surface area contributed by atoms with E-state index in [-0.39, 0.29) is 5.91 Å². The van der Waals surface area contributed by atoms with Gasteiger partial charge in [0.25, 0.3) is 5.91 Å². The summed E-state index contributed by atoms with van der Waals surface area (Å²) >= 11 is 11.6. The predicted molar refractivity (Wildman–Crippen MR) is 73.1 cm³/mol. The van der Waals surface area contributed by atoms with Gasteiger partial charge in [-0.05, 0) is 30.3 Å². The lowest BCUT2D eigenvalue weighted by molar-refractivity contribution is 0.102. The van der Waals surface area contributed by atoms with Gasteiger partial charge in [-0.15, -0.1) is 0 Å². The van der Waals surface area contributed by atoms with Crippen molar-refractivity contribution in [3.05, 3.63) is 52.3 Å². The molecule has 4 nitrogen and oxygen atoms in total. The Bertz CT molecular complexity index is 584. The molecule has 1 heterocycles. The van der Waals surface area contributed by atoms with Crippen LogP contribution < -0.4 is 11.1 Å². The molecule has 2 aromatic rings. The number of halogens is 2. The molecule has 0 radical (unpaired) electrons. The van der Waals surface area contributed by atoms with Gasteiger partial charge in [-0.1, -0.05) is 23.2 Å². The Kier molecular flexibility index (Phi) is 3.69. The van der Waals surface area contributed by atoms with Crippen molar-refractivity contribution in [3.8, 4) is 0 Å². The molecular weight excluding hydrogens is 273 g/mol. The number of nitrogens with one attached hydrogen (secondary N) is 1. The maximum atomic E-state index is 11.9. The highest BCUT2D eigenvalue weighted by Crippen LogP contribution is 2.24. The lowest BCUT2D eigenvalue weighted by atomic mass is 10.2. The number of benzene rings is 1. The van der Waals surface area contributed by atoms with Crippen LogP contribution in [0.2, 0.25) is 10.2 Å². The quantitative estimate of drug-likeness (QED) is 0.656. The monoisotopic (exact) mass is 281 g/mol. The largest absolute Gasteiger partial charge is 0.399 e. The van der Waals surface area contributed by atoms with Gasteiger partial charge >= 0.3 is 0 Å². The van der Waals surface area contributed by atoms with Crippen molar-refractivity contribution in [3.63, 3.8) is 0 Å². The van der Waals surface area contributed by atoms with Crippen LogP contribution in [0.5, 0.6) is 0 Å². The highest BCUT2D eigenvalue weighted by Gasteiger charge is 2.08. The van der Waals surface area contributed by atoms with Crippen LogP contribution in [0.1, 0.15) is 10.4 Å². The molecule has 18 heavy (non-hydrogen) atoms. The predicted octanol–water partition coefficient (Wildman–Crippen LogP) is 3.22. The number of nitrogens with two attached hydrogens (primary N) is 1. The van der Waals surface area contributed by atoms with E-state index in [0.717, 1.165) is 0 Å². The van der Waals surface area contributed by atoms with Gasteiger partial charge in [-0.2, -0.15) is 0 Å². The maximum Gasteiger partial charge on any atom is 0.257 e. The van der Waals surface area contributed by atoms with E-state index in [0.29, 0.717) is 27.1 Å². The van der Waals surface area contributed by atoms with Crippen LogP contribution >= 0.6 is 23.2 Å². The number of hydrogen-bond donors (Lipinski definition) is 2. The summed E-state index contributed by atoms with van der Waals surface area (Å²) in [6.45, 7) is 0. The molecule has 1 aromatic carbocycles. The molecule has 2 rings (SSSR count). The first-order chi connectivity index (χ1) is 8.56. The van der Waals surface area contributed by atoms with E-state index in [2.05, 4.69) is 10.3 Å². The topological polar surface area (TPSA) is 68.0 Å². The van der Waals surface area contributed by atoms with Crippen LogP contribution in [0, 0.1) is 0 Å². The lowest BCUT2D eigenvalue weighted by Crippen LogP contribution is -2.12. The highest BCUT2D eigenvalue weighted by molar-refractivity contribution is 6.34. The second kappa shape index (κ2) is 5.25. The Morgan fingerprint density at radius 1 is 1.22 bits per heavy atom. The summed E-state index contributed by atoms with van der Waals surface area (Å²) in [7, 11) is 0. The van der Waals surface area contributed by atoms with Crippen molar-refractivity contribution in [2.45, 2.75) is 0 Å². The molecule has 0 spiro atoms. The van der Waals surface area contributed by atoms with Gasteiger partial charge in [0.05, 0.1) is 16.3 Å². The summed E-state index contributed by atoms with van der Waals surface area (Å²) in [5, 5.41) is 3.37. The van der Waals surface area contributed by atoms with E-state index in [1.54, 1.807) is 30.3 Å². The van der Waals surface area contributed by atoms with E-state index < -0.39 is 0 Å². The smallest absolute Gasteiger partial charge is 0.257 e. The lowest BCUT2D eigenvalue weighted by Gasteiger charge is -2.07. The van der Waals surface area contributed by atoms with E-state index in [1.165, 1.54) is 6.20 Å². The average molecular weight is 282 g/mol. The molecule has 0 bridgehead atoms. The Balaban J connectivity index is 2.18. The Morgan fingerprint density at radius 2 is 2.00 bits per heavy atom. The number of carbonyl (C=O) groups excluding carboxylic acids is 1. The maximum absolute atomic E-state index is 11.9. The van der Waals surface area contributed by atoms with Crippen molar-refractivity contribution in [2.75, 3.05) is 11.1 Å². The molecule has 0 fully saturated rings. The van der Waals surface area contributed by atoms with Crippen LogP contribution in [0.3, 0.4) is 0 Å². The zero-order chi connectivity index (χ0) is 13.1. The first-order valence-corrected chi connectivity index (χ1v) is 5.80. The number of aromatic nitrogens is 1. The van der Waals surface area contributed by atoms with Crippen LogP contribution in [0.4, 0.5) is 11.4 Å². The summed E-state index contributed by atoms with van der Waals surface area (Å²) in [4.78, 5) is 15.7. The number of amides is 1. The number of nitrogen functional groups attached to an aromatic ring is 1. The minimum Gasteiger partial charge on any atom is -0.399 e. The molecule has 3 N–H and O–H groups in total. The fourth-order valence-electron chi connectivity index (χ4n) is 1.34. The number of pyridine rings is 1. The molecule has 0 saturated heterocycles. The summed E-state index contributed by atoms with van der Waals surface area (Å²) in [5.74, 6) is -0.314. The zero-order valence-electron chi connectivity index (χ0n) is 9.15. The van der Waals surface area contributed by atoms with Crippen LogP contribution in [0.25, 0.3) is 0 Å². The Labute approximate surface area is 114 Å². The molecule has 92 valence electrons. The molecule has 0 aliphatic rings. The number of nitrogens with zero attached hydrogens (tertiary/aromatic N) is 1. The number of anilines is 2. The second-order valence-electron chi connectivity index (χ2n) is 3.56. The van der Waals surface area contributed by atoms with Crippen molar-refractivity contribution in [2.24, 2.45) is 0 Å². The molecule has 1 aromatic heterocycles. The van der Waals surface area contributed by atoms with Gasteiger partial charge in [-0.25, -0.2) is 4.98 Å². The fraction of sp³-hybridized carbons (Fsp3) is 0. The summed E-state index contributed by atoms with van der Waals surface area (Å²) < 4.78 is 0. The number of hydrogen-bond acceptors (Lipinski definition) is 3.